The van der Waals surface area contributed by atoms with Crippen LogP contribution in [0.4, 0.5) is 4.39 Å². The van der Waals surface area contributed by atoms with Gasteiger partial charge in [0, 0.05) is 17.3 Å². The number of halogens is 1. The number of benzene rings is 1. The molecular weight excluding hydrogens is 259 g/mol. The van der Waals surface area contributed by atoms with Crippen LogP contribution in [-0.2, 0) is 0 Å². The zero-order valence-corrected chi connectivity index (χ0v) is 12.2. The van der Waals surface area contributed by atoms with Gasteiger partial charge < -0.3 is 4.90 Å². The molecule has 0 saturated carbocycles. The van der Waals surface area contributed by atoms with Crippen LogP contribution in [0, 0.1) is 5.82 Å². The number of aromatic nitrogens is 1. The van der Waals surface area contributed by atoms with E-state index in [0.717, 1.165) is 36.0 Å². The molecule has 0 aliphatic carbocycles. The van der Waals surface area contributed by atoms with E-state index in [0.29, 0.717) is 12.0 Å². The minimum Gasteiger partial charge on any atom is -0.301 e. The summed E-state index contributed by atoms with van der Waals surface area (Å²) in [6.07, 6.45) is 2.32. The first-order valence-electron chi connectivity index (χ1n) is 6.94. The molecule has 0 radical (unpaired) electrons. The van der Waals surface area contributed by atoms with Crippen LogP contribution >= 0.6 is 11.5 Å². The number of likely N-dealkylation sites (tertiary alicyclic amines) is 1. The molecule has 1 aliphatic rings. The van der Waals surface area contributed by atoms with Crippen LogP contribution in [0.25, 0.3) is 10.1 Å². The van der Waals surface area contributed by atoms with Crippen LogP contribution < -0.4 is 0 Å². The Morgan fingerprint density at radius 2 is 2.05 bits per heavy atom. The molecule has 0 spiro atoms. The average molecular weight is 278 g/mol. The lowest BCUT2D eigenvalue weighted by Crippen LogP contribution is -2.37. The third-order valence-electron chi connectivity index (χ3n) is 4.11. The van der Waals surface area contributed by atoms with Crippen molar-refractivity contribution >= 4 is 21.6 Å². The smallest absolute Gasteiger partial charge is 0.124 e. The number of rotatable bonds is 2. The molecule has 4 heteroatoms. The second kappa shape index (κ2) is 5.17. The lowest BCUT2D eigenvalue weighted by molar-refractivity contribution is 0.171. The molecule has 1 saturated heterocycles. The molecule has 3 rings (SSSR count). The molecule has 102 valence electrons. The Bertz CT molecular complexity index is 571. The topological polar surface area (TPSA) is 16.1 Å². The highest BCUT2D eigenvalue weighted by atomic mass is 32.1. The van der Waals surface area contributed by atoms with Crippen LogP contribution in [0.3, 0.4) is 0 Å². The monoisotopic (exact) mass is 278 g/mol. The Morgan fingerprint density at radius 1 is 1.32 bits per heavy atom. The first-order chi connectivity index (χ1) is 9.15. The minimum absolute atomic E-state index is 0.169. The van der Waals surface area contributed by atoms with Gasteiger partial charge in [-0.2, -0.15) is 4.37 Å². The highest BCUT2D eigenvalue weighted by molar-refractivity contribution is 7.13. The van der Waals surface area contributed by atoms with Gasteiger partial charge in [-0.25, -0.2) is 4.39 Å². The van der Waals surface area contributed by atoms with Crippen LogP contribution in [0.15, 0.2) is 18.2 Å². The predicted molar refractivity (Wildman–Crippen MR) is 78.3 cm³/mol. The first-order valence-corrected chi connectivity index (χ1v) is 7.71. The van der Waals surface area contributed by atoms with E-state index in [4.69, 9.17) is 0 Å². The maximum atomic E-state index is 13.2. The van der Waals surface area contributed by atoms with Crippen molar-refractivity contribution in [3.63, 3.8) is 0 Å². The van der Waals surface area contributed by atoms with E-state index < -0.39 is 0 Å². The zero-order chi connectivity index (χ0) is 13.4. The Morgan fingerprint density at radius 3 is 2.74 bits per heavy atom. The normalized spacial score (nSPS) is 18.5. The highest BCUT2D eigenvalue weighted by Crippen LogP contribution is 2.34. The predicted octanol–water partition coefficient (Wildman–Crippen LogP) is 4.02. The van der Waals surface area contributed by atoms with Gasteiger partial charge >= 0.3 is 0 Å². The van der Waals surface area contributed by atoms with Gasteiger partial charge in [0.15, 0.2) is 0 Å². The summed E-state index contributed by atoms with van der Waals surface area (Å²) in [5.41, 5.74) is 1.18. The van der Waals surface area contributed by atoms with Gasteiger partial charge in [-0.15, -0.1) is 0 Å². The van der Waals surface area contributed by atoms with Gasteiger partial charge in [0.05, 0.1) is 10.4 Å². The van der Waals surface area contributed by atoms with Crippen molar-refractivity contribution in [1.29, 1.82) is 0 Å². The Hall–Kier alpha value is -1.00. The van der Waals surface area contributed by atoms with Crippen LogP contribution in [0.1, 0.15) is 38.3 Å². The Kier molecular flexibility index (Phi) is 3.54. The van der Waals surface area contributed by atoms with Gasteiger partial charge in [0.25, 0.3) is 0 Å². The summed E-state index contributed by atoms with van der Waals surface area (Å²) in [6, 6.07) is 5.66. The van der Waals surface area contributed by atoms with Crippen molar-refractivity contribution < 1.29 is 4.39 Å². The number of fused-ring (bicyclic) bond motifs is 1. The van der Waals surface area contributed by atoms with Crippen molar-refractivity contribution in [2.75, 3.05) is 13.1 Å². The Labute approximate surface area is 117 Å². The lowest BCUT2D eigenvalue weighted by atomic mass is 9.91. The van der Waals surface area contributed by atoms with Gasteiger partial charge in [-0.05, 0) is 69.5 Å². The van der Waals surface area contributed by atoms with E-state index >= 15 is 0 Å². The lowest BCUT2D eigenvalue weighted by Gasteiger charge is -2.34. The molecule has 0 unspecified atom stereocenters. The van der Waals surface area contributed by atoms with Crippen LogP contribution in [0.2, 0.25) is 0 Å². The summed E-state index contributed by atoms with van der Waals surface area (Å²) >= 11 is 1.43. The maximum absolute atomic E-state index is 13.2. The summed E-state index contributed by atoms with van der Waals surface area (Å²) < 4.78 is 18.8. The zero-order valence-electron chi connectivity index (χ0n) is 11.4. The quantitative estimate of drug-likeness (QED) is 0.824. The van der Waals surface area contributed by atoms with E-state index in [-0.39, 0.29) is 5.82 Å². The van der Waals surface area contributed by atoms with Crippen LogP contribution in [0.5, 0.6) is 0 Å². The molecule has 2 heterocycles. The molecule has 2 nitrogen and oxygen atoms in total. The summed E-state index contributed by atoms with van der Waals surface area (Å²) in [5.74, 6) is 0.367. The van der Waals surface area contributed by atoms with Crippen molar-refractivity contribution in [3.8, 4) is 0 Å². The number of hydrogen-bond donors (Lipinski definition) is 0. The molecular formula is C15H19FN2S. The molecule has 0 amide bonds. The van der Waals surface area contributed by atoms with Crippen molar-refractivity contribution in [2.45, 2.75) is 38.6 Å². The molecule has 0 N–H and O–H groups in total. The molecule has 1 fully saturated rings. The molecule has 1 aromatic heterocycles. The molecule has 2 aromatic rings. The van der Waals surface area contributed by atoms with Crippen LogP contribution in [-0.4, -0.2) is 28.4 Å². The van der Waals surface area contributed by atoms with Crippen molar-refractivity contribution in [2.24, 2.45) is 0 Å². The second-order valence-electron chi connectivity index (χ2n) is 5.61. The van der Waals surface area contributed by atoms with Gasteiger partial charge in [0.1, 0.15) is 5.82 Å². The molecule has 1 aromatic carbocycles. The summed E-state index contributed by atoms with van der Waals surface area (Å²) in [5, 5.41) is 1.15. The van der Waals surface area contributed by atoms with E-state index in [9.17, 15) is 4.39 Å². The molecule has 19 heavy (non-hydrogen) atoms. The van der Waals surface area contributed by atoms with Crippen molar-refractivity contribution in [3.05, 3.63) is 29.7 Å². The SMILES string of the molecule is CC(C)N1CCC(c2nsc3cc(F)ccc23)CC1. The van der Waals surface area contributed by atoms with E-state index in [2.05, 4.69) is 23.1 Å². The van der Waals surface area contributed by atoms with Gasteiger partial charge in [-0.3, -0.25) is 0 Å². The third-order valence-corrected chi connectivity index (χ3v) is 4.93. The molecule has 0 atom stereocenters. The second-order valence-corrected chi connectivity index (χ2v) is 6.42. The standard InChI is InChI=1S/C15H19FN2S/c1-10(2)18-7-5-11(6-8-18)15-13-4-3-12(16)9-14(13)19-17-15/h3-4,9-11H,5-8H2,1-2H3. The number of nitrogens with zero attached hydrogens (tertiary/aromatic N) is 2. The van der Waals surface area contributed by atoms with Gasteiger partial charge in [-0.1, -0.05) is 0 Å². The van der Waals surface area contributed by atoms with Crippen molar-refractivity contribution in [1.82, 2.24) is 9.27 Å². The van der Waals surface area contributed by atoms with E-state index in [1.54, 1.807) is 12.1 Å². The Balaban J connectivity index is 1.82. The largest absolute Gasteiger partial charge is 0.301 e. The van der Waals surface area contributed by atoms with E-state index in [1.807, 2.05) is 6.07 Å². The first kappa shape index (κ1) is 13.0. The molecule has 0 bridgehead atoms. The fraction of sp³-hybridized carbons (Fsp3) is 0.533. The number of piperidine rings is 1. The minimum atomic E-state index is -0.169. The fourth-order valence-corrected chi connectivity index (χ4v) is 3.79. The van der Waals surface area contributed by atoms with E-state index in [1.165, 1.54) is 17.2 Å². The fourth-order valence-electron chi connectivity index (χ4n) is 2.91. The molecule has 1 aliphatic heterocycles. The van der Waals surface area contributed by atoms with Gasteiger partial charge in [0.2, 0.25) is 0 Å². The third kappa shape index (κ3) is 2.51. The maximum Gasteiger partial charge on any atom is 0.124 e. The summed E-state index contributed by atoms with van der Waals surface area (Å²) in [4.78, 5) is 2.52. The summed E-state index contributed by atoms with van der Waals surface area (Å²) in [7, 11) is 0. The highest BCUT2D eigenvalue weighted by Gasteiger charge is 2.25. The number of hydrogen-bond acceptors (Lipinski definition) is 3. The average Bonchev–Trinajstić information content (AvgIpc) is 2.81. The summed E-state index contributed by atoms with van der Waals surface area (Å²) in [6.45, 7) is 6.79.